The zero-order valence-corrected chi connectivity index (χ0v) is 18.6. The Morgan fingerprint density at radius 1 is 0.733 bits per heavy atom. The summed E-state index contributed by atoms with van der Waals surface area (Å²) in [4.78, 5) is 5.02. The van der Waals surface area contributed by atoms with E-state index in [4.69, 9.17) is 0 Å². The standard InChI is InChI=1S/C24H36N6/c1-21-15-25-29(17-21)19-23-5-11-27(12-6-23)9-3-4-10-28-13-7-24(8-14-28)20-30-18-22(2)16-26-30/h15-18,23-24H,5-14,19-20H2,1-2H3. The van der Waals surface area contributed by atoms with E-state index >= 15 is 0 Å². The van der Waals surface area contributed by atoms with Crippen molar-refractivity contribution in [3.63, 3.8) is 0 Å². The fourth-order valence-corrected chi connectivity index (χ4v) is 4.65. The molecule has 0 bridgehead atoms. The lowest BCUT2D eigenvalue weighted by Crippen LogP contribution is -2.36. The van der Waals surface area contributed by atoms with Crippen LogP contribution in [0.15, 0.2) is 24.8 Å². The molecule has 2 aromatic rings. The lowest BCUT2D eigenvalue weighted by molar-refractivity contribution is 0.185. The number of rotatable bonds is 6. The van der Waals surface area contributed by atoms with Gasteiger partial charge in [-0.1, -0.05) is 11.8 Å². The lowest BCUT2D eigenvalue weighted by atomic mass is 9.97. The van der Waals surface area contributed by atoms with Gasteiger partial charge < -0.3 is 0 Å². The molecule has 0 atom stereocenters. The van der Waals surface area contributed by atoms with Gasteiger partial charge in [-0.15, -0.1) is 0 Å². The van der Waals surface area contributed by atoms with E-state index in [1.54, 1.807) is 0 Å². The van der Waals surface area contributed by atoms with Crippen LogP contribution in [0.3, 0.4) is 0 Å². The van der Waals surface area contributed by atoms with Gasteiger partial charge in [0.05, 0.1) is 25.5 Å². The molecule has 0 amide bonds. The summed E-state index contributed by atoms with van der Waals surface area (Å²) in [5.41, 5.74) is 2.50. The summed E-state index contributed by atoms with van der Waals surface area (Å²) in [5.74, 6) is 8.35. The van der Waals surface area contributed by atoms with Gasteiger partial charge in [-0.2, -0.15) is 10.2 Å². The van der Waals surface area contributed by atoms with Crippen molar-refractivity contribution in [3.05, 3.63) is 35.9 Å². The molecule has 0 N–H and O–H groups in total. The largest absolute Gasteiger partial charge is 0.292 e. The summed E-state index contributed by atoms with van der Waals surface area (Å²) in [6.45, 7) is 12.8. The molecule has 2 aliphatic rings. The Morgan fingerprint density at radius 2 is 1.13 bits per heavy atom. The summed E-state index contributed by atoms with van der Waals surface area (Å²) >= 11 is 0. The van der Waals surface area contributed by atoms with Gasteiger partial charge in [0.1, 0.15) is 0 Å². The van der Waals surface area contributed by atoms with Crippen LogP contribution in [0, 0.1) is 37.5 Å². The van der Waals surface area contributed by atoms with Gasteiger partial charge in [0.2, 0.25) is 0 Å². The molecule has 2 saturated heterocycles. The van der Waals surface area contributed by atoms with Crippen LogP contribution in [0.1, 0.15) is 36.8 Å². The summed E-state index contributed by atoms with van der Waals surface area (Å²) in [6, 6.07) is 0. The summed E-state index contributed by atoms with van der Waals surface area (Å²) in [6.07, 6.45) is 13.2. The summed E-state index contributed by atoms with van der Waals surface area (Å²) in [5, 5.41) is 8.86. The molecule has 0 unspecified atom stereocenters. The van der Waals surface area contributed by atoms with Gasteiger partial charge >= 0.3 is 0 Å². The van der Waals surface area contributed by atoms with E-state index in [2.05, 4.69) is 67.4 Å². The summed E-state index contributed by atoms with van der Waals surface area (Å²) in [7, 11) is 0. The minimum Gasteiger partial charge on any atom is -0.292 e. The molecule has 6 heteroatoms. The van der Waals surface area contributed by atoms with Gasteiger partial charge in [0.25, 0.3) is 0 Å². The minimum absolute atomic E-state index is 0.750. The van der Waals surface area contributed by atoms with E-state index in [0.29, 0.717) is 0 Å². The molecule has 0 aliphatic carbocycles. The second-order valence-corrected chi connectivity index (χ2v) is 9.27. The highest BCUT2D eigenvalue weighted by Crippen LogP contribution is 2.20. The molecule has 0 aromatic carbocycles. The molecule has 2 fully saturated rings. The number of piperidine rings is 2. The highest BCUT2D eigenvalue weighted by molar-refractivity contribution is 5.04. The van der Waals surface area contributed by atoms with E-state index in [0.717, 1.165) is 64.2 Å². The molecule has 162 valence electrons. The third-order valence-electron chi connectivity index (χ3n) is 6.56. The van der Waals surface area contributed by atoms with Crippen molar-refractivity contribution in [2.24, 2.45) is 11.8 Å². The number of hydrogen-bond donors (Lipinski definition) is 0. The fourth-order valence-electron chi connectivity index (χ4n) is 4.65. The van der Waals surface area contributed by atoms with Crippen LogP contribution in [0.5, 0.6) is 0 Å². The number of aryl methyl sites for hydroxylation is 2. The van der Waals surface area contributed by atoms with E-state index in [1.165, 1.54) is 36.8 Å². The van der Waals surface area contributed by atoms with Gasteiger partial charge in [-0.25, -0.2) is 0 Å². The summed E-state index contributed by atoms with van der Waals surface area (Å²) < 4.78 is 4.21. The Labute approximate surface area is 181 Å². The Balaban J connectivity index is 1.09. The van der Waals surface area contributed by atoms with E-state index in [1.807, 2.05) is 12.4 Å². The normalized spacial score (nSPS) is 19.7. The molecular weight excluding hydrogens is 372 g/mol. The van der Waals surface area contributed by atoms with Crippen molar-refractivity contribution in [1.82, 2.24) is 29.4 Å². The Morgan fingerprint density at radius 3 is 1.47 bits per heavy atom. The number of aromatic nitrogens is 4. The van der Waals surface area contributed by atoms with Crippen LogP contribution in [-0.2, 0) is 13.1 Å². The Kier molecular flexibility index (Phi) is 7.24. The molecular formula is C24H36N6. The minimum atomic E-state index is 0.750. The average molecular weight is 409 g/mol. The van der Waals surface area contributed by atoms with Gasteiger partial charge in [-0.05, 0) is 88.7 Å². The smallest absolute Gasteiger partial charge is 0.0602 e. The quantitative estimate of drug-likeness (QED) is 0.690. The second kappa shape index (κ2) is 10.3. The topological polar surface area (TPSA) is 42.1 Å². The zero-order valence-electron chi connectivity index (χ0n) is 18.6. The van der Waals surface area contributed by atoms with Crippen molar-refractivity contribution in [1.29, 1.82) is 0 Å². The first kappa shape index (κ1) is 21.1. The maximum absolute atomic E-state index is 4.43. The molecule has 4 rings (SSSR count). The first-order valence-corrected chi connectivity index (χ1v) is 11.5. The maximum Gasteiger partial charge on any atom is 0.0602 e. The van der Waals surface area contributed by atoms with Crippen LogP contribution >= 0.6 is 0 Å². The average Bonchev–Trinajstić information content (AvgIpc) is 3.35. The van der Waals surface area contributed by atoms with E-state index < -0.39 is 0 Å². The molecule has 0 spiro atoms. The van der Waals surface area contributed by atoms with E-state index in [-0.39, 0.29) is 0 Å². The van der Waals surface area contributed by atoms with Crippen LogP contribution in [0.2, 0.25) is 0 Å². The van der Waals surface area contributed by atoms with E-state index in [9.17, 15) is 0 Å². The van der Waals surface area contributed by atoms with Gasteiger partial charge in [0.15, 0.2) is 0 Å². The second-order valence-electron chi connectivity index (χ2n) is 9.27. The Bertz CT molecular complexity index is 772. The van der Waals surface area contributed by atoms with Crippen LogP contribution in [-0.4, -0.2) is 68.6 Å². The molecule has 6 nitrogen and oxygen atoms in total. The third-order valence-corrected chi connectivity index (χ3v) is 6.56. The predicted molar refractivity (Wildman–Crippen MR) is 120 cm³/mol. The van der Waals surface area contributed by atoms with Crippen molar-refractivity contribution in [3.8, 4) is 11.8 Å². The molecule has 0 radical (unpaired) electrons. The van der Waals surface area contributed by atoms with Crippen molar-refractivity contribution >= 4 is 0 Å². The monoisotopic (exact) mass is 408 g/mol. The third kappa shape index (κ3) is 6.20. The van der Waals surface area contributed by atoms with Crippen LogP contribution < -0.4 is 0 Å². The lowest BCUT2D eigenvalue weighted by Gasteiger charge is -2.31. The fraction of sp³-hybridized carbons (Fsp3) is 0.667. The number of likely N-dealkylation sites (tertiary alicyclic amines) is 2. The number of hydrogen-bond acceptors (Lipinski definition) is 4. The molecule has 2 aromatic heterocycles. The van der Waals surface area contributed by atoms with Gasteiger partial charge in [-0.3, -0.25) is 19.2 Å². The van der Waals surface area contributed by atoms with Crippen LogP contribution in [0.25, 0.3) is 0 Å². The first-order valence-electron chi connectivity index (χ1n) is 11.5. The SMILES string of the molecule is Cc1cnn(CC2CCN(CC#CCN3CCC(Cn4cc(C)cn4)CC3)CC2)c1. The first-order chi connectivity index (χ1) is 14.6. The molecule has 4 heterocycles. The molecule has 30 heavy (non-hydrogen) atoms. The highest BCUT2D eigenvalue weighted by Gasteiger charge is 2.20. The van der Waals surface area contributed by atoms with Crippen molar-refractivity contribution in [2.45, 2.75) is 52.6 Å². The number of nitrogens with zero attached hydrogens (tertiary/aromatic N) is 6. The van der Waals surface area contributed by atoms with Crippen molar-refractivity contribution < 1.29 is 0 Å². The predicted octanol–water partition coefficient (Wildman–Crippen LogP) is 2.82. The van der Waals surface area contributed by atoms with Gasteiger partial charge in [0, 0.05) is 25.5 Å². The highest BCUT2D eigenvalue weighted by atomic mass is 15.3. The Hall–Kier alpha value is -2.10. The van der Waals surface area contributed by atoms with Crippen molar-refractivity contribution in [2.75, 3.05) is 39.3 Å². The molecule has 0 saturated carbocycles. The molecule has 2 aliphatic heterocycles. The maximum atomic E-state index is 4.43. The zero-order chi connectivity index (χ0) is 20.8. The van der Waals surface area contributed by atoms with Crippen LogP contribution in [0.4, 0.5) is 0 Å².